The zero-order chi connectivity index (χ0) is 33.9. The summed E-state index contributed by atoms with van der Waals surface area (Å²) >= 11 is 0. The van der Waals surface area contributed by atoms with Crippen LogP contribution in [0.3, 0.4) is 0 Å². The molecule has 3 unspecified atom stereocenters. The molecule has 3 amide bonds. The van der Waals surface area contributed by atoms with Crippen LogP contribution >= 0.6 is 7.37 Å². The second-order valence-corrected chi connectivity index (χ2v) is 14.9. The summed E-state index contributed by atoms with van der Waals surface area (Å²) in [6.45, 7) is 12.9. The van der Waals surface area contributed by atoms with Crippen molar-refractivity contribution in [3.05, 3.63) is 106 Å². The second kappa shape index (κ2) is 17.3. The van der Waals surface area contributed by atoms with Crippen molar-refractivity contribution in [2.24, 2.45) is 5.92 Å². The first-order valence-corrected chi connectivity index (χ1v) is 18.2. The van der Waals surface area contributed by atoms with E-state index in [4.69, 9.17) is 0 Å². The zero-order valence-electron chi connectivity index (χ0n) is 28.1. The summed E-state index contributed by atoms with van der Waals surface area (Å²) in [5.41, 5.74) is 4.86. The maximum Gasteiger partial charge on any atom is 0.253 e. The smallest absolute Gasteiger partial charge is 0.253 e. The lowest BCUT2D eigenvalue weighted by Crippen LogP contribution is -2.41. The molecule has 0 aliphatic carbocycles. The number of nitrogens with zero attached hydrogens (tertiary/aromatic N) is 1. The maximum absolute atomic E-state index is 14.0. The molecule has 0 aliphatic rings. The predicted octanol–water partition coefficient (Wildman–Crippen LogP) is 6.52. The van der Waals surface area contributed by atoms with Crippen LogP contribution in [-0.2, 0) is 22.2 Å². The van der Waals surface area contributed by atoms with Crippen molar-refractivity contribution in [2.45, 2.75) is 79.1 Å². The van der Waals surface area contributed by atoms with E-state index in [9.17, 15) is 23.8 Å². The molecule has 248 valence electrons. The third-order valence-electron chi connectivity index (χ3n) is 8.10. The van der Waals surface area contributed by atoms with Gasteiger partial charge in [-0.3, -0.25) is 18.9 Å². The fourth-order valence-corrected chi connectivity index (χ4v) is 7.66. The Hall–Kier alpha value is -3.74. The predicted molar refractivity (Wildman–Crippen MR) is 185 cm³/mol. The van der Waals surface area contributed by atoms with Crippen LogP contribution in [0.2, 0.25) is 0 Å². The fourth-order valence-electron chi connectivity index (χ4n) is 5.64. The van der Waals surface area contributed by atoms with E-state index >= 15 is 0 Å². The van der Waals surface area contributed by atoms with Gasteiger partial charge in [0.1, 0.15) is 5.78 Å². The minimum atomic E-state index is -4.11. The van der Waals surface area contributed by atoms with E-state index in [1.165, 1.54) is 11.6 Å². The molecule has 0 heterocycles. The Morgan fingerprint density at radius 3 is 2.11 bits per heavy atom. The Balaban J connectivity index is 1.76. The third kappa shape index (κ3) is 10.7. The molecule has 3 aromatic carbocycles. The van der Waals surface area contributed by atoms with Crippen LogP contribution in [0, 0.1) is 19.8 Å². The van der Waals surface area contributed by atoms with Crippen molar-refractivity contribution in [1.82, 2.24) is 15.5 Å². The molecule has 0 aliphatic heterocycles. The number of amides is 3. The van der Waals surface area contributed by atoms with Gasteiger partial charge < -0.3 is 20.4 Å². The Bertz CT molecular complexity index is 1520. The molecule has 3 aromatic rings. The number of nitrogens with one attached hydrogen (secondary N) is 2. The van der Waals surface area contributed by atoms with Gasteiger partial charge in [0, 0.05) is 48.8 Å². The highest BCUT2D eigenvalue weighted by Gasteiger charge is 2.36. The van der Waals surface area contributed by atoms with Gasteiger partial charge in [0.2, 0.25) is 13.3 Å². The van der Waals surface area contributed by atoms with Crippen LogP contribution in [0.15, 0.2) is 72.8 Å². The number of hydrogen-bond donors (Lipinski definition) is 3. The summed E-state index contributed by atoms with van der Waals surface area (Å²) in [6.07, 6.45) is 2.09. The first-order valence-electron chi connectivity index (χ1n) is 16.3. The Morgan fingerprint density at radius 2 is 1.48 bits per heavy atom. The molecule has 0 saturated carbocycles. The van der Waals surface area contributed by atoms with Gasteiger partial charge in [-0.15, -0.1) is 0 Å². The Labute approximate surface area is 274 Å². The topological polar surface area (TPSA) is 116 Å². The molecule has 9 heteroatoms. The lowest BCUT2D eigenvalue weighted by Gasteiger charge is -2.27. The number of carbonyl (C=O) groups excluding carboxylic acids is 3. The van der Waals surface area contributed by atoms with Crippen molar-refractivity contribution in [2.75, 3.05) is 19.3 Å². The molecule has 8 nitrogen and oxygen atoms in total. The highest BCUT2D eigenvalue weighted by atomic mass is 31.2. The monoisotopic (exact) mass is 647 g/mol. The highest BCUT2D eigenvalue weighted by molar-refractivity contribution is 7.58. The molecule has 0 aromatic heterocycles. The molecule has 4 atom stereocenters. The number of benzene rings is 3. The van der Waals surface area contributed by atoms with Crippen LogP contribution in [0.4, 0.5) is 0 Å². The zero-order valence-corrected chi connectivity index (χ0v) is 29.0. The first kappa shape index (κ1) is 36.7. The summed E-state index contributed by atoms with van der Waals surface area (Å²) in [4.78, 5) is 53.1. The number of carbonyl (C=O) groups is 3. The van der Waals surface area contributed by atoms with Crippen molar-refractivity contribution in [3.63, 3.8) is 0 Å². The molecular formula is C37H50N3O5P. The van der Waals surface area contributed by atoms with Gasteiger partial charge in [0.15, 0.2) is 0 Å². The summed E-state index contributed by atoms with van der Waals surface area (Å²) in [7, 11) is -4.11. The van der Waals surface area contributed by atoms with E-state index in [0.29, 0.717) is 25.1 Å². The van der Waals surface area contributed by atoms with E-state index < -0.39 is 25.0 Å². The molecule has 3 rings (SSSR count). The van der Waals surface area contributed by atoms with Gasteiger partial charge in [-0.05, 0) is 74.9 Å². The molecule has 46 heavy (non-hydrogen) atoms. The first-order chi connectivity index (χ1) is 21.8. The molecular weight excluding hydrogens is 597 g/mol. The van der Waals surface area contributed by atoms with E-state index in [1.54, 1.807) is 30.0 Å². The SMILES string of the molecule is CCCN(CCC)C(=O)c1cccc(C(=O)N[C@@H](Cc2ccccc2)P(=O)(O)CC(C)C(=O)NC(C)Cc2ccc(C)cc2C)c1. The van der Waals surface area contributed by atoms with E-state index in [0.717, 1.165) is 29.5 Å². The fraction of sp³-hybridized carbons (Fsp3) is 0.432. The van der Waals surface area contributed by atoms with Crippen molar-refractivity contribution < 1.29 is 23.8 Å². The summed E-state index contributed by atoms with van der Waals surface area (Å²) in [5.74, 6) is -2.93. The van der Waals surface area contributed by atoms with Crippen LogP contribution in [0.25, 0.3) is 0 Å². The molecule has 3 N–H and O–H groups in total. The molecule has 0 spiro atoms. The van der Waals surface area contributed by atoms with Crippen molar-refractivity contribution in [1.29, 1.82) is 0 Å². The largest absolute Gasteiger partial charge is 0.353 e. The van der Waals surface area contributed by atoms with Gasteiger partial charge in [-0.1, -0.05) is 80.9 Å². The van der Waals surface area contributed by atoms with Gasteiger partial charge in [0.05, 0.1) is 0 Å². The average Bonchev–Trinajstić information content (AvgIpc) is 3.02. The lowest BCUT2D eigenvalue weighted by atomic mass is 9.99. The molecule has 0 fully saturated rings. The van der Waals surface area contributed by atoms with Gasteiger partial charge in [-0.25, -0.2) is 0 Å². The average molecular weight is 648 g/mol. The van der Waals surface area contributed by atoms with Crippen LogP contribution in [0.5, 0.6) is 0 Å². The minimum absolute atomic E-state index is 0.108. The Morgan fingerprint density at radius 1 is 0.826 bits per heavy atom. The lowest BCUT2D eigenvalue weighted by molar-refractivity contribution is -0.124. The number of hydrogen-bond acceptors (Lipinski definition) is 4. The molecule has 0 saturated heterocycles. The van der Waals surface area contributed by atoms with E-state index in [2.05, 4.69) is 22.8 Å². The minimum Gasteiger partial charge on any atom is -0.353 e. The number of aryl methyl sites for hydroxylation is 2. The Kier molecular flexibility index (Phi) is 13.8. The van der Waals surface area contributed by atoms with E-state index in [-0.39, 0.29) is 36.0 Å². The van der Waals surface area contributed by atoms with Gasteiger partial charge in [0.25, 0.3) is 11.8 Å². The summed E-state index contributed by atoms with van der Waals surface area (Å²) < 4.78 is 14.0. The normalized spacial score (nSPS) is 14.4. The summed E-state index contributed by atoms with van der Waals surface area (Å²) in [5, 5.41) is 5.78. The van der Waals surface area contributed by atoms with Crippen LogP contribution in [-0.4, -0.2) is 58.6 Å². The van der Waals surface area contributed by atoms with Crippen molar-refractivity contribution >= 4 is 25.1 Å². The van der Waals surface area contributed by atoms with Crippen LogP contribution < -0.4 is 10.6 Å². The standard InChI is InChI=1S/C37H50N3O5P/c1-7-19-40(20-8-2)37(43)33-16-12-15-32(24-33)36(42)39-34(23-30-13-10-9-11-14-30)46(44,45)25-28(5)35(41)38-29(6)22-31-18-17-26(3)21-27(31)4/h9-18,21,24,28-29,34H,7-8,19-20,22-23,25H2,1-6H3,(H,38,41)(H,39,42)(H,44,45)/t28?,29?,34-/m1/s1. The van der Waals surface area contributed by atoms with Gasteiger partial charge in [-0.2, -0.15) is 0 Å². The highest BCUT2D eigenvalue weighted by Crippen LogP contribution is 2.48. The third-order valence-corrected chi connectivity index (χ3v) is 10.5. The van der Waals surface area contributed by atoms with Crippen LogP contribution in [0.1, 0.15) is 83.5 Å². The quantitative estimate of drug-likeness (QED) is 0.153. The summed E-state index contributed by atoms with van der Waals surface area (Å²) in [6, 6.07) is 21.7. The molecule has 0 radical (unpaired) electrons. The number of rotatable bonds is 16. The van der Waals surface area contributed by atoms with Gasteiger partial charge >= 0.3 is 0 Å². The van der Waals surface area contributed by atoms with E-state index in [1.807, 2.05) is 71.0 Å². The van der Waals surface area contributed by atoms with Crippen molar-refractivity contribution in [3.8, 4) is 0 Å². The second-order valence-electron chi connectivity index (χ2n) is 12.4. The maximum atomic E-state index is 14.0. The molecule has 0 bridgehead atoms.